The maximum atomic E-state index is 12.7. The number of nitrogens with one attached hydrogen (secondary N) is 2. The van der Waals surface area contributed by atoms with Crippen molar-refractivity contribution in [1.82, 2.24) is 15.5 Å². The number of carbonyl (C=O) groups is 4. The largest absolute Gasteiger partial charge is 0.491 e. The molecular formula is C18H19N3O6. The Morgan fingerprint density at radius 3 is 2.70 bits per heavy atom. The van der Waals surface area contributed by atoms with Gasteiger partial charge in [0, 0.05) is 19.5 Å². The van der Waals surface area contributed by atoms with Crippen molar-refractivity contribution in [3.8, 4) is 5.75 Å². The normalized spacial score (nSPS) is 25.4. The summed E-state index contributed by atoms with van der Waals surface area (Å²) in [6.07, 6.45) is 0.142. The fourth-order valence-corrected chi connectivity index (χ4v) is 3.46. The van der Waals surface area contributed by atoms with Crippen LogP contribution in [0.1, 0.15) is 33.6 Å². The topological polar surface area (TPSA) is 114 Å². The Kier molecular flexibility index (Phi) is 4.63. The molecule has 4 rings (SSSR count). The lowest BCUT2D eigenvalue weighted by atomic mass is 10.0. The minimum atomic E-state index is -0.971. The highest BCUT2D eigenvalue weighted by atomic mass is 16.5. The van der Waals surface area contributed by atoms with Gasteiger partial charge in [-0.25, -0.2) is 0 Å². The average Bonchev–Trinajstić information content (AvgIpc) is 2.92. The summed E-state index contributed by atoms with van der Waals surface area (Å²) in [5, 5.41) is 5.38. The van der Waals surface area contributed by atoms with Crippen LogP contribution in [-0.2, 0) is 14.3 Å². The van der Waals surface area contributed by atoms with E-state index in [1.165, 1.54) is 12.1 Å². The molecular weight excluding hydrogens is 354 g/mol. The third kappa shape index (κ3) is 3.31. The zero-order valence-electron chi connectivity index (χ0n) is 14.5. The monoisotopic (exact) mass is 373 g/mol. The average molecular weight is 373 g/mol. The number of carbonyl (C=O) groups excluding carboxylic acids is 4. The first-order valence-electron chi connectivity index (χ1n) is 8.85. The maximum absolute atomic E-state index is 12.7. The van der Waals surface area contributed by atoms with E-state index in [9.17, 15) is 19.2 Å². The van der Waals surface area contributed by atoms with Crippen LogP contribution in [0.4, 0.5) is 0 Å². The summed E-state index contributed by atoms with van der Waals surface area (Å²) in [7, 11) is 0. The quantitative estimate of drug-likeness (QED) is 0.681. The number of hydrogen-bond donors (Lipinski definition) is 2. The van der Waals surface area contributed by atoms with Crippen LogP contribution in [0.2, 0.25) is 0 Å². The van der Waals surface area contributed by atoms with Gasteiger partial charge in [-0.15, -0.1) is 0 Å². The van der Waals surface area contributed by atoms with Gasteiger partial charge in [-0.05, 0) is 24.6 Å². The predicted octanol–water partition coefficient (Wildman–Crippen LogP) is -0.545. The van der Waals surface area contributed by atoms with E-state index < -0.39 is 29.7 Å². The number of imide groups is 2. The molecule has 0 bridgehead atoms. The molecule has 1 aromatic carbocycles. The zero-order valence-corrected chi connectivity index (χ0v) is 14.5. The first kappa shape index (κ1) is 17.6. The number of rotatable bonds is 4. The summed E-state index contributed by atoms with van der Waals surface area (Å²) in [4.78, 5) is 49.7. The van der Waals surface area contributed by atoms with Crippen LogP contribution in [0.15, 0.2) is 18.2 Å². The van der Waals surface area contributed by atoms with E-state index in [-0.39, 0.29) is 30.1 Å². The van der Waals surface area contributed by atoms with Crippen molar-refractivity contribution in [2.45, 2.75) is 25.0 Å². The minimum Gasteiger partial charge on any atom is -0.491 e. The molecule has 0 saturated carbocycles. The van der Waals surface area contributed by atoms with Crippen LogP contribution in [0.5, 0.6) is 5.75 Å². The summed E-state index contributed by atoms with van der Waals surface area (Å²) in [5.41, 5.74) is 0.428. The Labute approximate surface area is 155 Å². The summed E-state index contributed by atoms with van der Waals surface area (Å²) in [6, 6.07) is 3.68. The van der Waals surface area contributed by atoms with E-state index in [4.69, 9.17) is 9.47 Å². The van der Waals surface area contributed by atoms with Gasteiger partial charge < -0.3 is 14.8 Å². The molecule has 9 nitrogen and oxygen atoms in total. The van der Waals surface area contributed by atoms with Gasteiger partial charge in [0.2, 0.25) is 11.8 Å². The van der Waals surface area contributed by atoms with Crippen molar-refractivity contribution in [3.05, 3.63) is 29.3 Å². The number of hydrogen-bond acceptors (Lipinski definition) is 7. The van der Waals surface area contributed by atoms with Crippen LogP contribution in [0.25, 0.3) is 0 Å². The van der Waals surface area contributed by atoms with Crippen molar-refractivity contribution in [3.63, 3.8) is 0 Å². The Morgan fingerprint density at radius 2 is 1.96 bits per heavy atom. The second-order valence-corrected chi connectivity index (χ2v) is 6.66. The zero-order chi connectivity index (χ0) is 19.0. The second kappa shape index (κ2) is 7.09. The van der Waals surface area contributed by atoms with Crippen LogP contribution < -0.4 is 15.4 Å². The van der Waals surface area contributed by atoms with Crippen molar-refractivity contribution in [2.75, 3.05) is 26.3 Å². The highest BCUT2D eigenvalue weighted by Crippen LogP contribution is 2.30. The number of ether oxygens (including phenoxy) is 2. The molecule has 3 aliphatic heterocycles. The van der Waals surface area contributed by atoms with Gasteiger partial charge in [0.1, 0.15) is 24.5 Å². The fourth-order valence-electron chi connectivity index (χ4n) is 3.46. The number of nitrogens with zero attached hydrogens (tertiary/aromatic N) is 1. The Morgan fingerprint density at radius 1 is 1.15 bits per heavy atom. The van der Waals surface area contributed by atoms with Gasteiger partial charge in [-0.1, -0.05) is 0 Å². The molecule has 9 heteroatoms. The Hall–Kier alpha value is -2.78. The lowest BCUT2D eigenvalue weighted by Gasteiger charge is -2.27. The van der Waals surface area contributed by atoms with Crippen LogP contribution >= 0.6 is 0 Å². The number of fused-ring (bicyclic) bond motifs is 1. The van der Waals surface area contributed by atoms with Gasteiger partial charge in [0.05, 0.1) is 17.7 Å². The molecule has 3 heterocycles. The van der Waals surface area contributed by atoms with Crippen LogP contribution in [-0.4, -0.2) is 67.0 Å². The number of morpholine rings is 1. The molecule has 0 aromatic heterocycles. The molecule has 27 heavy (non-hydrogen) atoms. The first-order chi connectivity index (χ1) is 13.0. The third-order valence-corrected chi connectivity index (χ3v) is 4.85. The van der Waals surface area contributed by atoms with Gasteiger partial charge in [-0.3, -0.25) is 29.4 Å². The van der Waals surface area contributed by atoms with Crippen molar-refractivity contribution in [2.24, 2.45) is 0 Å². The lowest BCUT2D eigenvalue weighted by Crippen LogP contribution is -2.54. The molecule has 4 amide bonds. The van der Waals surface area contributed by atoms with Gasteiger partial charge in [-0.2, -0.15) is 0 Å². The van der Waals surface area contributed by atoms with Gasteiger partial charge in [0.25, 0.3) is 11.8 Å². The molecule has 0 radical (unpaired) electrons. The SMILES string of the molecule is O=C1CCC(N2C(=O)c3ccc(OCC4CNCCO4)cc3C2=O)C(=O)N1. The number of piperidine rings is 1. The Balaban J connectivity index is 1.49. The minimum absolute atomic E-state index is 0.0793. The molecule has 0 aliphatic carbocycles. The first-order valence-corrected chi connectivity index (χ1v) is 8.85. The van der Waals surface area contributed by atoms with E-state index in [2.05, 4.69) is 10.6 Å². The summed E-state index contributed by atoms with van der Waals surface area (Å²) >= 11 is 0. The molecule has 2 saturated heterocycles. The summed E-state index contributed by atoms with van der Waals surface area (Å²) < 4.78 is 11.3. The lowest BCUT2D eigenvalue weighted by molar-refractivity contribution is -0.136. The highest BCUT2D eigenvalue weighted by Gasteiger charge is 2.44. The molecule has 2 atom stereocenters. The third-order valence-electron chi connectivity index (χ3n) is 4.85. The predicted molar refractivity (Wildman–Crippen MR) is 91.2 cm³/mol. The van der Waals surface area contributed by atoms with Gasteiger partial charge >= 0.3 is 0 Å². The fraction of sp³-hybridized carbons (Fsp3) is 0.444. The molecule has 2 N–H and O–H groups in total. The van der Waals surface area contributed by atoms with Crippen molar-refractivity contribution >= 4 is 23.6 Å². The summed E-state index contributed by atoms with van der Waals surface area (Å²) in [5.74, 6) is -1.65. The van der Waals surface area contributed by atoms with Crippen molar-refractivity contribution < 1.29 is 28.7 Å². The number of benzene rings is 1. The number of amides is 4. The van der Waals surface area contributed by atoms with E-state index in [0.717, 1.165) is 11.4 Å². The van der Waals surface area contributed by atoms with E-state index in [1.807, 2.05) is 0 Å². The highest BCUT2D eigenvalue weighted by molar-refractivity contribution is 6.23. The second-order valence-electron chi connectivity index (χ2n) is 6.66. The smallest absolute Gasteiger partial charge is 0.262 e. The molecule has 142 valence electrons. The maximum Gasteiger partial charge on any atom is 0.262 e. The van der Waals surface area contributed by atoms with Gasteiger partial charge in [0.15, 0.2) is 0 Å². The van der Waals surface area contributed by atoms with E-state index in [1.54, 1.807) is 6.07 Å². The van der Waals surface area contributed by atoms with Crippen LogP contribution in [0, 0.1) is 0 Å². The van der Waals surface area contributed by atoms with Crippen molar-refractivity contribution in [1.29, 1.82) is 0 Å². The summed E-state index contributed by atoms with van der Waals surface area (Å²) in [6.45, 7) is 2.44. The molecule has 2 fully saturated rings. The standard InChI is InChI=1S/C18H19N3O6/c22-15-4-3-14(16(23)20-15)21-17(24)12-2-1-10(7-13(12)18(21)25)27-9-11-8-19-5-6-26-11/h1-2,7,11,14,19H,3-6,8-9H2,(H,20,22,23). The molecule has 2 unspecified atom stereocenters. The molecule has 1 aromatic rings. The van der Waals surface area contributed by atoms with E-state index >= 15 is 0 Å². The van der Waals surface area contributed by atoms with Crippen LogP contribution in [0.3, 0.4) is 0 Å². The molecule has 0 spiro atoms. The molecule has 3 aliphatic rings. The Bertz CT molecular complexity index is 817. The van der Waals surface area contributed by atoms with E-state index in [0.29, 0.717) is 25.5 Å².